The van der Waals surface area contributed by atoms with Crippen LogP contribution < -0.4 is 9.47 Å². The van der Waals surface area contributed by atoms with Crippen molar-refractivity contribution in [3.8, 4) is 11.5 Å². The first-order chi connectivity index (χ1) is 7.63. The van der Waals surface area contributed by atoms with Gasteiger partial charge in [-0.3, -0.25) is 9.59 Å². The highest BCUT2D eigenvalue weighted by Crippen LogP contribution is 2.25. The molecular weight excluding hydrogens is 276 g/mol. The molecule has 0 radical (unpaired) electrons. The molecule has 0 aliphatic heterocycles. The summed E-state index contributed by atoms with van der Waals surface area (Å²) >= 11 is 2.95. The van der Waals surface area contributed by atoms with Crippen LogP contribution in [-0.2, 0) is 4.79 Å². The lowest BCUT2D eigenvalue weighted by Crippen LogP contribution is -2.16. The van der Waals surface area contributed by atoms with Crippen molar-refractivity contribution in [2.24, 2.45) is 0 Å². The van der Waals surface area contributed by atoms with E-state index in [-0.39, 0.29) is 10.9 Å². The molecule has 5 heteroatoms. The summed E-state index contributed by atoms with van der Waals surface area (Å²) in [6.07, 6.45) is 0. The molecule has 1 rings (SSSR count). The first kappa shape index (κ1) is 12.7. The van der Waals surface area contributed by atoms with Crippen LogP contribution in [0.4, 0.5) is 0 Å². The van der Waals surface area contributed by atoms with Crippen LogP contribution in [0.3, 0.4) is 0 Å². The molecule has 0 amide bonds. The molecule has 0 aromatic heterocycles. The molecule has 0 aliphatic carbocycles. The van der Waals surface area contributed by atoms with Crippen LogP contribution in [0.5, 0.6) is 11.5 Å². The minimum absolute atomic E-state index is 0.00101. The molecule has 0 saturated heterocycles. The molecule has 0 aliphatic rings. The van der Waals surface area contributed by atoms with Crippen molar-refractivity contribution in [3.63, 3.8) is 0 Å². The molecule has 86 valence electrons. The van der Waals surface area contributed by atoms with E-state index in [1.165, 1.54) is 20.3 Å². The second-order valence-corrected chi connectivity index (χ2v) is 3.51. The van der Waals surface area contributed by atoms with Gasteiger partial charge in [0.2, 0.25) is 11.6 Å². The molecule has 1 aromatic carbocycles. The molecule has 0 unspecified atom stereocenters. The van der Waals surface area contributed by atoms with E-state index in [1.807, 2.05) is 0 Å². The topological polar surface area (TPSA) is 52.6 Å². The van der Waals surface area contributed by atoms with Gasteiger partial charge in [-0.1, -0.05) is 15.9 Å². The largest absolute Gasteiger partial charge is 0.497 e. The van der Waals surface area contributed by atoms with Crippen LogP contribution in [-0.4, -0.2) is 31.1 Å². The van der Waals surface area contributed by atoms with E-state index >= 15 is 0 Å². The molecular formula is C11H11BrO4. The molecule has 4 nitrogen and oxygen atoms in total. The van der Waals surface area contributed by atoms with Crippen molar-refractivity contribution in [1.29, 1.82) is 0 Å². The summed E-state index contributed by atoms with van der Waals surface area (Å²) < 4.78 is 10.0. The summed E-state index contributed by atoms with van der Waals surface area (Å²) in [4.78, 5) is 22.9. The van der Waals surface area contributed by atoms with E-state index in [0.29, 0.717) is 11.5 Å². The Hall–Kier alpha value is -1.36. The average molecular weight is 287 g/mol. The number of hydrogen-bond acceptors (Lipinski definition) is 4. The van der Waals surface area contributed by atoms with Crippen LogP contribution in [0.2, 0.25) is 0 Å². The summed E-state index contributed by atoms with van der Waals surface area (Å²) in [5.41, 5.74) is 0.243. The first-order valence-electron chi connectivity index (χ1n) is 4.49. The first-order valence-corrected chi connectivity index (χ1v) is 5.61. The molecule has 0 saturated carbocycles. The van der Waals surface area contributed by atoms with E-state index in [2.05, 4.69) is 15.9 Å². The fourth-order valence-corrected chi connectivity index (χ4v) is 1.45. The van der Waals surface area contributed by atoms with Crippen molar-refractivity contribution in [2.45, 2.75) is 0 Å². The van der Waals surface area contributed by atoms with Crippen molar-refractivity contribution in [3.05, 3.63) is 23.8 Å². The Labute approximate surface area is 102 Å². The minimum Gasteiger partial charge on any atom is -0.497 e. The van der Waals surface area contributed by atoms with Gasteiger partial charge in [0.15, 0.2) is 0 Å². The van der Waals surface area contributed by atoms with Crippen LogP contribution in [0.25, 0.3) is 0 Å². The van der Waals surface area contributed by atoms with Gasteiger partial charge in [0, 0.05) is 6.07 Å². The second-order valence-electron chi connectivity index (χ2n) is 2.95. The summed E-state index contributed by atoms with van der Waals surface area (Å²) in [5.74, 6) is -0.182. The highest BCUT2D eigenvalue weighted by atomic mass is 79.9. The number of Topliss-reactive ketones (excluding diaryl/α,β-unsaturated/α-hetero) is 2. The predicted molar refractivity (Wildman–Crippen MR) is 62.7 cm³/mol. The van der Waals surface area contributed by atoms with Gasteiger partial charge >= 0.3 is 0 Å². The maximum absolute atomic E-state index is 11.7. The third-order valence-corrected chi connectivity index (χ3v) is 2.54. The van der Waals surface area contributed by atoms with Gasteiger partial charge in [0.05, 0.1) is 25.1 Å². The number of alkyl halides is 1. The maximum atomic E-state index is 11.7. The van der Waals surface area contributed by atoms with E-state index in [4.69, 9.17) is 9.47 Å². The van der Waals surface area contributed by atoms with Crippen LogP contribution >= 0.6 is 15.9 Å². The third-order valence-electron chi connectivity index (χ3n) is 2.03. The average Bonchev–Trinajstić information content (AvgIpc) is 2.35. The third kappa shape index (κ3) is 2.61. The van der Waals surface area contributed by atoms with Gasteiger partial charge < -0.3 is 9.47 Å². The molecule has 0 N–H and O–H groups in total. The number of ketones is 2. The lowest BCUT2D eigenvalue weighted by molar-refractivity contribution is -0.112. The Bertz CT molecular complexity index is 414. The van der Waals surface area contributed by atoms with Gasteiger partial charge in [-0.15, -0.1) is 0 Å². The van der Waals surface area contributed by atoms with Gasteiger partial charge in [-0.2, -0.15) is 0 Å². The van der Waals surface area contributed by atoms with E-state index < -0.39 is 11.6 Å². The van der Waals surface area contributed by atoms with Gasteiger partial charge in [0.1, 0.15) is 11.5 Å². The zero-order valence-electron chi connectivity index (χ0n) is 8.95. The molecule has 0 atom stereocenters. The molecule has 16 heavy (non-hydrogen) atoms. The predicted octanol–water partition coefficient (Wildman–Crippen LogP) is 1.85. The Morgan fingerprint density at radius 2 is 1.94 bits per heavy atom. The lowest BCUT2D eigenvalue weighted by atomic mass is 10.1. The standard InChI is InChI=1S/C11H11BrO4/c1-15-7-3-4-8(10(5-7)16-2)11(14)9(13)6-12/h3-5H,6H2,1-2H3. The van der Waals surface area contributed by atoms with Gasteiger partial charge in [-0.05, 0) is 12.1 Å². The summed E-state index contributed by atoms with van der Waals surface area (Å²) in [5, 5.41) is 0.00101. The van der Waals surface area contributed by atoms with E-state index in [0.717, 1.165) is 0 Å². The van der Waals surface area contributed by atoms with Gasteiger partial charge in [-0.25, -0.2) is 0 Å². The van der Waals surface area contributed by atoms with Crippen LogP contribution in [0.15, 0.2) is 18.2 Å². The number of hydrogen-bond donors (Lipinski definition) is 0. The Kier molecular flexibility index (Phi) is 4.49. The van der Waals surface area contributed by atoms with Gasteiger partial charge in [0.25, 0.3) is 0 Å². The highest BCUT2D eigenvalue weighted by molar-refractivity contribution is 9.09. The molecule has 0 heterocycles. The fraction of sp³-hybridized carbons (Fsp3) is 0.273. The number of halogens is 1. The summed E-state index contributed by atoms with van der Waals surface area (Å²) in [7, 11) is 2.95. The van der Waals surface area contributed by atoms with Crippen molar-refractivity contribution >= 4 is 27.5 Å². The summed E-state index contributed by atoms with van der Waals surface area (Å²) in [6, 6.07) is 4.69. The molecule has 1 aromatic rings. The quantitative estimate of drug-likeness (QED) is 0.471. The van der Waals surface area contributed by atoms with Crippen LogP contribution in [0, 0.1) is 0 Å². The van der Waals surface area contributed by atoms with Crippen molar-refractivity contribution in [2.75, 3.05) is 19.5 Å². The van der Waals surface area contributed by atoms with E-state index in [9.17, 15) is 9.59 Å². The summed E-state index contributed by atoms with van der Waals surface area (Å²) in [6.45, 7) is 0. The van der Waals surface area contributed by atoms with Crippen molar-refractivity contribution < 1.29 is 19.1 Å². The van der Waals surface area contributed by atoms with Crippen LogP contribution in [0.1, 0.15) is 10.4 Å². The Balaban J connectivity index is 3.13. The fourth-order valence-electron chi connectivity index (χ4n) is 1.20. The number of rotatable bonds is 5. The molecule has 0 bridgehead atoms. The highest BCUT2D eigenvalue weighted by Gasteiger charge is 2.19. The minimum atomic E-state index is -0.573. The second kappa shape index (κ2) is 5.65. The number of carbonyl (C=O) groups is 2. The number of benzene rings is 1. The molecule has 0 fully saturated rings. The number of methoxy groups -OCH3 is 2. The smallest absolute Gasteiger partial charge is 0.233 e. The Morgan fingerprint density at radius 3 is 2.44 bits per heavy atom. The number of carbonyl (C=O) groups excluding carboxylic acids is 2. The molecule has 0 spiro atoms. The lowest BCUT2D eigenvalue weighted by Gasteiger charge is -2.08. The van der Waals surface area contributed by atoms with Crippen molar-refractivity contribution in [1.82, 2.24) is 0 Å². The monoisotopic (exact) mass is 286 g/mol. The maximum Gasteiger partial charge on any atom is 0.233 e. The zero-order valence-corrected chi connectivity index (χ0v) is 10.5. The normalized spacial score (nSPS) is 9.69. The number of ether oxygens (including phenoxy) is 2. The SMILES string of the molecule is COc1ccc(C(=O)C(=O)CBr)c(OC)c1. The van der Waals surface area contributed by atoms with E-state index in [1.54, 1.807) is 12.1 Å². The Morgan fingerprint density at radius 1 is 1.25 bits per heavy atom. The zero-order chi connectivity index (χ0) is 12.1.